The summed E-state index contributed by atoms with van der Waals surface area (Å²) in [5, 5.41) is 11.2. The molecule has 0 fully saturated rings. The van der Waals surface area contributed by atoms with Crippen molar-refractivity contribution < 1.29 is 22.8 Å². The number of hydrogen-bond acceptors (Lipinski definition) is 4. The summed E-state index contributed by atoms with van der Waals surface area (Å²) in [7, 11) is 1.07. The molecule has 0 bridgehead atoms. The Hall–Kier alpha value is -2.10. The van der Waals surface area contributed by atoms with Crippen LogP contribution >= 0.6 is 15.9 Å². The van der Waals surface area contributed by atoms with Crippen molar-refractivity contribution in [2.45, 2.75) is 13.1 Å². The zero-order valence-electron chi connectivity index (χ0n) is 11.3. The van der Waals surface area contributed by atoms with E-state index in [1.807, 2.05) is 0 Å². The number of hydrogen-bond donors (Lipinski definition) is 0. The van der Waals surface area contributed by atoms with Gasteiger partial charge in [-0.1, -0.05) is 0 Å². The first kappa shape index (κ1) is 16.3. The van der Waals surface area contributed by atoms with E-state index in [-0.39, 0.29) is 10.4 Å². The maximum atomic E-state index is 13.0. The van der Waals surface area contributed by atoms with Crippen molar-refractivity contribution in [3.63, 3.8) is 0 Å². The van der Waals surface area contributed by atoms with E-state index < -0.39 is 28.1 Å². The van der Waals surface area contributed by atoms with E-state index in [1.54, 1.807) is 6.92 Å². The molecule has 2 aromatic rings. The van der Waals surface area contributed by atoms with Gasteiger partial charge in [0, 0.05) is 6.20 Å². The number of aromatic nitrogens is 2. The van der Waals surface area contributed by atoms with Crippen molar-refractivity contribution in [2.24, 2.45) is 0 Å². The number of nitro benzene ring substituents is 1. The van der Waals surface area contributed by atoms with Gasteiger partial charge in [-0.3, -0.25) is 14.7 Å². The van der Waals surface area contributed by atoms with Crippen molar-refractivity contribution in [3.05, 3.63) is 44.4 Å². The second-order valence-electron chi connectivity index (χ2n) is 4.32. The van der Waals surface area contributed by atoms with E-state index in [9.17, 15) is 23.3 Å². The van der Waals surface area contributed by atoms with Gasteiger partial charge in [0.25, 0.3) is 0 Å². The molecule has 0 N–H and O–H groups in total. The van der Waals surface area contributed by atoms with Crippen molar-refractivity contribution in [1.29, 1.82) is 0 Å². The zero-order valence-corrected chi connectivity index (χ0v) is 12.9. The molecule has 0 spiro atoms. The van der Waals surface area contributed by atoms with Crippen LogP contribution in [0.4, 0.5) is 18.9 Å². The summed E-state index contributed by atoms with van der Waals surface area (Å²) < 4.78 is 45.0. The molecule has 22 heavy (non-hydrogen) atoms. The fourth-order valence-corrected chi connectivity index (χ4v) is 2.49. The van der Waals surface area contributed by atoms with Crippen LogP contribution in [0.2, 0.25) is 0 Å². The highest BCUT2D eigenvalue weighted by Gasteiger charge is 2.35. The summed E-state index contributed by atoms with van der Waals surface area (Å²) in [4.78, 5) is 14.4. The van der Waals surface area contributed by atoms with Gasteiger partial charge in [0.15, 0.2) is 10.5 Å². The molecule has 0 aliphatic carbocycles. The minimum absolute atomic E-state index is 0.148. The Morgan fingerprint density at radius 2 is 2.05 bits per heavy atom. The highest BCUT2D eigenvalue weighted by atomic mass is 79.9. The lowest BCUT2D eigenvalue weighted by molar-refractivity contribution is -0.385. The molecule has 1 aromatic carbocycles. The van der Waals surface area contributed by atoms with Crippen molar-refractivity contribution in [1.82, 2.24) is 9.55 Å². The largest absolute Gasteiger partial charge is 0.490 e. The zero-order chi connectivity index (χ0) is 16.7. The van der Waals surface area contributed by atoms with Crippen LogP contribution in [0.3, 0.4) is 0 Å². The molecule has 0 saturated heterocycles. The summed E-state index contributed by atoms with van der Waals surface area (Å²) in [6, 6.07) is 1.28. The van der Waals surface area contributed by atoms with Gasteiger partial charge in [-0.05, 0) is 35.0 Å². The van der Waals surface area contributed by atoms with Crippen LogP contribution in [-0.4, -0.2) is 21.6 Å². The highest BCUT2D eigenvalue weighted by molar-refractivity contribution is 9.10. The average molecular weight is 380 g/mol. The lowest BCUT2D eigenvalue weighted by atomic mass is 10.1. The van der Waals surface area contributed by atoms with Crippen LogP contribution in [0, 0.1) is 17.0 Å². The number of nitro groups is 1. The van der Waals surface area contributed by atoms with Crippen LogP contribution in [-0.2, 0) is 6.18 Å². The first-order valence-corrected chi connectivity index (χ1v) is 6.60. The Morgan fingerprint density at radius 3 is 2.45 bits per heavy atom. The summed E-state index contributed by atoms with van der Waals surface area (Å²) in [5.74, 6) is -0.479. The molecule has 0 radical (unpaired) electrons. The van der Waals surface area contributed by atoms with Gasteiger partial charge >= 0.3 is 11.9 Å². The van der Waals surface area contributed by atoms with Crippen molar-refractivity contribution in [3.8, 4) is 11.4 Å². The fourth-order valence-electron chi connectivity index (χ4n) is 1.92. The lowest BCUT2D eigenvalue weighted by Gasteiger charge is -2.13. The number of benzene rings is 1. The van der Waals surface area contributed by atoms with Crippen LogP contribution in [0.1, 0.15) is 11.3 Å². The topological polar surface area (TPSA) is 70.2 Å². The Kier molecular flexibility index (Phi) is 4.14. The second-order valence-corrected chi connectivity index (χ2v) is 5.03. The predicted molar refractivity (Wildman–Crippen MR) is 74.2 cm³/mol. The number of aryl methyl sites for hydroxylation is 1. The molecule has 10 heteroatoms. The number of methoxy groups -OCH3 is 1. The minimum atomic E-state index is -4.67. The van der Waals surface area contributed by atoms with E-state index in [0.29, 0.717) is 17.8 Å². The van der Waals surface area contributed by atoms with E-state index in [0.717, 1.165) is 11.7 Å². The van der Waals surface area contributed by atoms with E-state index >= 15 is 0 Å². The number of rotatable bonds is 3. The molecular weight excluding hydrogens is 371 g/mol. The SMILES string of the molecule is COc1cc(C(F)(F)F)cc(-n2cc(C)nc2Br)c1[N+](=O)[O-]. The Balaban J connectivity index is 2.84. The predicted octanol–water partition coefficient (Wildman–Crippen LogP) is 3.88. The first-order valence-electron chi connectivity index (χ1n) is 5.80. The van der Waals surface area contributed by atoms with Gasteiger partial charge in [-0.25, -0.2) is 4.98 Å². The normalized spacial score (nSPS) is 11.5. The third-order valence-corrected chi connectivity index (χ3v) is 3.39. The van der Waals surface area contributed by atoms with Crippen molar-refractivity contribution in [2.75, 3.05) is 7.11 Å². The molecule has 2 rings (SSSR count). The molecule has 1 aromatic heterocycles. The third kappa shape index (κ3) is 2.91. The Labute approximate surface area is 130 Å². The van der Waals surface area contributed by atoms with E-state index in [2.05, 4.69) is 20.9 Å². The number of imidazole rings is 1. The van der Waals surface area contributed by atoms with E-state index in [4.69, 9.17) is 4.74 Å². The second kappa shape index (κ2) is 5.59. The molecule has 0 unspecified atom stereocenters. The molecule has 0 aliphatic heterocycles. The van der Waals surface area contributed by atoms with Crippen LogP contribution in [0.5, 0.6) is 5.75 Å². The molecule has 0 amide bonds. The molecule has 1 heterocycles. The van der Waals surface area contributed by atoms with Crippen LogP contribution in [0.15, 0.2) is 23.1 Å². The Morgan fingerprint density at radius 1 is 1.41 bits per heavy atom. The van der Waals surface area contributed by atoms with E-state index in [1.165, 1.54) is 6.20 Å². The maximum Gasteiger partial charge on any atom is 0.416 e. The van der Waals surface area contributed by atoms with Gasteiger partial charge < -0.3 is 4.74 Å². The summed E-state index contributed by atoms with van der Waals surface area (Å²) >= 11 is 3.07. The number of halogens is 4. The molecule has 0 saturated carbocycles. The monoisotopic (exact) mass is 379 g/mol. The molecular formula is C12H9BrF3N3O3. The minimum Gasteiger partial charge on any atom is -0.490 e. The average Bonchev–Trinajstić information content (AvgIpc) is 2.74. The van der Waals surface area contributed by atoms with Gasteiger partial charge in [-0.2, -0.15) is 13.2 Å². The molecule has 0 aliphatic rings. The third-order valence-electron chi connectivity index (χ3n) is 2.83. The van der Waals surface area contributed by atoms with Crippen LogP contribution in [0.25, 0.3) is 5.69 Å². The van der Waals surface area contributed by atoms with Gasteiger partial charge in [0.1, 0.15) is 5.69 Å². The summed E-state index contributed by atoms with van der Waals surface area (Å²) in [6.07, 6.45) is -3.29. The number of ether oxygens (including phenoxy) is 1. The molecule has 118 valence electrons. The quantitative estimate of drug-likeness (QED) is 0.599. The maximum absolute atomic E-state index is 13.0. The Bertz CT molecular complexity index is 743. The number of alkyl halides is 3. The first-order chi connectivity index (χ1) is 10.1. The molecule has 6 nitrogen and oxygen atoms in total. The van der Waals surface area contributed by atoms with Gasteiger partial charge in [0.2, 0.25) is 0 Å². The number of nitrogens with zero attached hydrogens (tertiary/aromatic N) is 3. The lowest BCUT2D eigenvalue weighted by Crippen LogP contribution is -2.09. The standard InChI is InChI=1S/C12H9BrF3N3O3/c1-6-5-18(11(13)17-6)8-3-7(12(14,15)16)4-9(22-2)10(8)19(20)21/h3-5H,1-2H3. The van der Waals surface area contributed by atoms with Gasteiger partial charge in [-0.15, -0.1) is 0 Å². The van der Waals surface area contributed by atoms with Crippen LogP contribution < -0.4 is 4.74 Å². The smallest absolute Gasteiger partial charge is 0.416 e. The van der Waals surface area contributed by atoms with Crippen molar-refractivity contribution >= 4 is 21.6 Å². The van der Waals surface area contributed by atoms with Gasteiger partial charge in [0.05, 0.1) is 23.3 Å². The molecule has 0 atom stereocenters. The fraction of sp³-hybridized carbons (Fsp3) is 0.250. The highest BCUT2D eigenvalue weighted by Crippen LogP contribution is 2.41. The summed E-state index contributed by atoms with van der Waals surface area (Å²) in [6.45, 7) is 1.61. The summed E-state index contributed by atoms with van der Waals surface area (Å²) in [5.41, 5.74) is -1.43.